The molecule has 0 atom stereocenters. The predicted molar refractivity (Wildman–Crippen MR) is 149 cm³/mol. The summed E-state index contributed by atoms with van der Waals surface area (Å²) in [6.45, 7) is 6.99. The molecule has 1 aliphatic rings. The molecule has 0 N–H and O–H groups in total. The number of amides is 1. The van der Waals surface area contributed by atoms with Crippen LogP contribution in [0.25, 0.3) is 10.2 Å². The van der Waals surface area contributed by atoms with Crippen LogP contribution in [0.2, 0.25) is 0 Å². The number of benzene rings is 2. The number of halogens is 1. The normalized spacial score (nSPS) is 14.2. The van der Waals surface area contributed by atoms with Crippen molar-refractivity contribution in [3.63, 3.8) is 0 Å². The highest BCUT2D eigenvalue weighted by Gasteiger charge is 2.21. The fourth-order valence-electron chi connectivity index (χ4n) is 3.71. The van der Waals surface area contributed by atoms with Crippen molar-refractivity contribution in [3.8, 4) is 0 Å². The molecule has 1 aliphatic heterocycles. The molecule has 1 saturated heterocycles. The lowest BCUT2D eigenvalue weighted by Crippen LogP contribution is -2.43. The molecule has 2 heterocycles. The number of thioether (sulfide) groups is 2. The molecule has 3 aromatic rings. The van der Waals surface area contributed by atoms with Crippen LogP contribution in [-0.4, -0.2) is 67.2 Å². The summed E-state index contributed by atoms with van der Waals surface area (Å²) in [6, 6.07) is 14.9. The molecule has 0 aliphatic carbocycles. The van der Waals surface area contributed by atoms with E-state index >= 15 is 0 Å². The molecule has 0 spiro atoms. The lowest BCUT2D eigenvalue weighted by molar-refractivity contribution is -0.118. The van der Waals surface area contributed by atoms with E-state index < -0.39 is 0 Å². The van der Waals surface area contributed by atoms with Gasteiger partial charge in [0.25, 0.3) is 0 Å². The van der Waals surface area contributed by atoms with Gasteiger partial charge in [-0.25, -0.2) is 4.98 Å². The van der Waals surface area contributed by atoms with Gasteiger partial charge < -0.3 is 4.74 Å². The summed E-state index contributed by atoms with van der Waals surface area (Å²) in [7, 11) is 0. The van der Waals surface area contributed by atoms with Crippen molar-refractivity contribution in [3.05, 3.63) is 48.0 Å². The molecule has 0 saturated carbocycles. The smallest absolute Gasteiger partial charge is 0.228 e. The number of anilines is 1. The van der Waals surface area contributed by atoms with Gasteiger partial charge >= 0.3 is 0 Å². The van der Waals surface area contributed by atoms with Crippen molar-refractivity contribution >= 4 is 68.5 Å². The van der Waals surface area contributed by atoms with E-state index in [1.807, 2.05) is 16.7 Å². The minimum atomic E-state index is 0. The van der Waals surface area contributed by atoms with Crippen LogP contribution >= 0.6 is 47.3 Å². The Hall–Kier alpha value is -1.29. The van der Waals surface area contributed by atoms with Crippen molar-refractivity contribution in [2.75, 3.05) is 56.3 Å². The van der Waals surface area contributed by atoms with Gasteiger partial charge in [0.2, 0.25) is 5.91 Å². The fourth-order valence-corrected chi connectivity index (χ4v) is 6.13. The van der Waals surface area contributed by atoms with Crippen LogP contribution in [0.4, 0.5) is 5.13 Å². The molecule has 1 amide bonds. The summed E-state index contributed by atoms with van der Waals surface area (Å²) >= 11 is 5.16. The molecule has 34 heavy (non-hydrogen) atoms. The second-order valence-electron chi connectivity index (χ2n) is 8.09. The first-order chi connectivity index (χ1) is 16.1. The number of thiazole rings is 1. The summed E-state index contributed by atoms with van der Waals surface area (Å²) in [4.78, 5) is 24.9. The van der Waals surface area contributed by atoms with E-state index in [4.69, 9.17) is 9.72 Å². The number of hydrogen-bond acceptors (Lipinski definition) is 7. The summed E-state index contributed by atoms with van der Waals surface area (Å²) in [6.07, 6.45) is 3.47. The summed E-state index contributed by atoms with van der Waals surface area (Å²) in [5.74, 6) is 1.10. The molecular formula is C25H32ClN3O2S3. The number of carbonyl (C=O) groups is 1. The summed E-state index contributed by atoms with van der Waals surface area (Å²) < 4.78 is 6.61. The first kappa shape index (κ1) is 27.3. The SMILES string of the molecule is CSc1ccc2nc(N(CCN3CCOCC3)C(=O)CCCSc3ccc(C)cc3)sc2c1.Cl. The summed E-state index contributed by atoms with van der Waals surface area (Å²) in [5.41, 5.74) is 2.23. The van der Waals surface area contributed by atoms with Gasteiger partial charge in [-0.1, -0.05) is 29.0 Å². The number of aryl methyl sites for hydroxylation is 1. The maximum Gasteiger partial charge on any atom is 0.228 e. The van der Waals surface area contributed by atoms with Crippen LogP contribution < -0.4 is 4.90 Å². The van der Waals surface area contributed by atoms with E-state index in [1.165, 1.54) is 15.4 Å². The number of carbonyl (C=O) groups excluding carboxylic acids is 1. The number of nitrogens with zero attached hydrogens (tertiary/aromatic N) is 3. The number of aromatic nitrogens is 1. The third kappa shape index (κ3) is 7.60. The largest absolute Gasteiger partial charge is 0.379 e. The van der Waals surface area contributed by atoms with Gasteiger partial charge in [0, 0.05) is 42.4 Å². The van der Waals surface area contributed by atoms with Crippen molar-refractivity contribution in [1.82, 2.24) is 9.88 Å². The lowest BCUT2D eigenvalue weighted by Gasteiger charge is -2.29. The van der Waals surface area contributed by atoms with Gasteiger partial charge in [-0.05, 0) is 55.7 Å². The van der Waals surface area contributed by atoms with Crippen LogP contribution in [0.3, 0.4) is 0 Å². The van der Waals surface area contributed by atoms with E-state index in [0.717, 1.165) is 60.4 Å². The molecule has 0 unspecified atom stereocenters. The third-order valence-corrected chi connectivity index (χ3v) is 8.55. The van der Waals surface area contributed by atoms with E-state index in [9.17, 15) is 4.79 Å². The predicted octanol–water partition coefficient (Wildman–Crippen LogP) is 5.99. The van der Waals surface area contributed by atoms with Crippen molar-refractivity contribution in [1.29, 1.82) is 0 Å². The van der Waals surface area contributed by atoms with Gasteiger partial charge in [0.15, 0.2) is 5.13 Å². The molecular weight excluding hydrogens is 506 g/mol. The van der Waals surface area contributed by atoms with Crippen LogP contribution in [0.1, 0.15) is 18.4 Å². The van der Waals surface area contributed by atoms with E-state index in [1.54, 1.807) is 23.1 Å². The Bertz CT molecular complexity index is 1060. The van der Waals surface area contributed by atoms with Crippen molar-refractivity contribution in [2.24, 2.45) is 0 Å². The highest BCUT2D eigenvalue weighted by atomic mass is 35.5. The molecule has 0 bridgehead atoms. The van der Waals surface area contributed by atoms with E-state index in [2.05, 4.69) is 60.5 Å². The van der Waals surface area contributed by atoms with Gasteiger partial charge in [-0.2, -0.15) is 0 Å². The number of rotatable bonds is 10. The van der Waals surface area contributed by atoms with Crippen LogP contribution in [-0.2, 0) is 9.53 Å². The Morgan fingerprint density at radius 1 is 1.15 bits per heavy atom. The highest BCUT2D eigenvalue weighted by Crippen LogP contribution is 2.32. The molecule has 9 heteroatoms. The Morgan fingerprint density at radius 3 is 2.62 bits per heavy atom. The topological polar surface area (TPSA) is 45.7 Å². The van der Waals surface area contributed by atoms with Crippen LogP contribution in [0.5, 0.6) is 0 Å². The molecule has 4 rings (SSSR count). The van der Waals surface area contributed by atoms with Gasteiger partial charge in [0.1, 0.15) is 0 Å². The molecule has 2 aromatic carbocycles. The van der Waals surface area contributed by atoms with Crippen molar-refractivity contribution < 1.29 is 9.53 Å². The number of morpholine rings is 1. The first-order valence-corrected chi connectivity index (χ1v) is 14.4. The second kappa shape index (κ2) is 13.7. The van der Waals surface area contributed by atoms with E-state index in [0.29, 0.717) is 13.0 Å². The molecule has 1 fully saturated rings. The van der Waals surface area contributed by atoms with Crippen LogP contribution in [0.15, 0.2) is 52.3 Å². The zero-order valence-corrected chi connectivity index (χ0v) is 23.0. The minimum absolute atomic E-state index is 0. The zero-order valence-electron chi connectivity index (χ0n) is 19.7. The molecule has 5 nitrogen and oxygen atoms in total. The Morgan fingerprint density at radius 2 is 1.88 bits per heavy atom. The Labute approximate surface area is 221 Å². The highest BCUT2D eigenvalue weighted by molar-refractivity contribution is 7.99. The van der Waals surface area contributed by atoms with Gasteiger partial charge in [-0.3, -0.25) is 14.6 Å². The average Bonchev–Trinajstić information content (AvgIpc) is 3.26. The zero-order chi connectivity index (χ0) is 23.0. The maximum atomic E-state index is 13.3. The molecule has 1 aromatic heterocycles. The minimum Gasteiger partial charge on any atom is -0.379 e. The quantitative estimate of drug-likeness (QED) is 0.234. The second-order valence-corrected chi connectivity index (χ2v) is 11.2. The average molecular weight is 538 g/mol. The van der Waals surface area contributed by atoms with Crippen molar-refractivity contribution in [2.45, 2.75) is 29.6 Å². The number of hydrogen-bond donors (Lipinski definition) is 0. The Balaban J connectivity index is 0.00000324. The monoisotopic (exact) mass is 537 g/mol. The molecule has 0 radical (unpaired) electrons. The van der Waals surface area contributed by atoms with E-state index in [-0.39, 0.29) is 18.3 Å². The van der Waals surface area contributed by atoms with Crippen LogP contribution in [0, 0.1) is 6.92 Å². The third-order valence-electron chi connectivity index (χ3n) is 5.68. The Kier molecular flexibility index (Phi) is 11.0. The first-order valence-electron chi connectivity index (χ1n) is 11.4. The maximum absolute atomic E-state index is 13.3. The summed E-state index contributed by atoms with van der Waals surface area (Å²) in [5, 5.41) is 0.813. The van der Waals surface area contributed by atoms with Gasteiger partial charge in [0.05, 0.1) is 23.4 Å². The lowest BCUT2D eigenvalue weighted by atomic mass is 10.2. The van der Waals surface area contributed by atoms with Gasteiger partial charge in [-0.15, -0.1) is 35.9 Å². The fraction of sp³-hybridized carbons (Fsp3) is 0.440. The number of ether oxygens (including phenoxy) is 1. The number of fused-ring (bicyclic) bond motifs is 1. The standard InChI is InChI=1S/C25H31N3O2S3.ClH/c1-19-5-7-20(8-6-19)32-17-3-4-24(29)28(12-11-27-13-15-30-16-14-27)25-26-22-10-9-21(31-2)18-23(22)33-25;/h5-10,18H,3-4,11-17H2,1-2H3;1H. The molecule has 184 valence electrons.